The highest BCUT2D eigenvalue weighted by Crippen LogP contribution is 2.29. The van der Waals surface area contributed by atoms with Crippen LogP contribution in [0, 0.1) is 0 Å². The van der Waals surface area contributed by atoms with Gasteiger partial charge in [0.15, 0.2) is 5.82 Å². The first-order chi connectivity index (χ1) is 13.9. The van der Waals surface area contributed by atoms with Crippen LogP contribution in [0.4, 0.5) is 4.79 Å². The van der Waals surface area contributed by atoms with E-state index >= 15 is 0 Å². The zero-order valence-corrected chi connectivity index (χ0v) is 16.7. The van der Waals surface area contributed by atoms with Gasteiger partial charge in [-0.3, -0.25) is 4.98 Å². The summed E-state index contributed by atoms with van der Waals surface area (Å²) in [5, 5.41) is 7.87. The van der Waals surface area contributed by atoms with Crippen molar-refractivity contribution in [3.05, 3.63) is 36.6 Å². The van der Waals surface area contributed by atoms with Gasteiger partial charge in [-0.2, -0.15) is 4.98 Å². The largest absolute Gasteiger partial charge is 0.444 e. The van der Waals surface area contributed by atoms with E-state index in [1.807, 2.05) is 32.9 Å². The van der Waals surface area contributed by atoms with Gasteiger partial charge >= 0.3 is 6.09 Å². The van der Waals surface area contributed by atoms with E-state index in [4.69, 9.17) is 13.8 Å². The van der Waals surface area contributed by atoms with Crippen LogP contribution in [-0.4, -0.2) is 50.0 Å². The van der Waals surface area contributed by atoms with Gasteiger partial charge in [0.2, 0.25) is 0 Å². The molecule has 1 fully saturated rings. The summed E-state index contributed by atoms with van der Waals surface area (Å²) in [4.78, 5) is 22.8. The highest BCUT2D eigenvalue weighted by molar-refractivity contribution is 5.68. The van der Waals surface area contributed by atoms with Crippen LogP contribution < -0.4 is 0 Å². The summed E-state index contributed by atoms with van der Waals surface area (Å²) < 4.78 is 15.8. The summed E-state index contributed by atoms with van der Waals surface area (Å²) >= 11 is 0. The SMILES string of the molecule is CC(C)(C)OC(=O)N1CCC(c2noc(-c3ccnc(-c4cnoc4)c3)n2)CC1. The van der Waals surface area contributed by atoms with Crippen LogP contribution in [-0.2, 0) is 4.74 Å². The summed E-state index contributed by atoms with van der Waals surface area (Å²) in [6, 6.07) is 3.67. The van der Waals surface area contributed by atoms with Crippen LogP contribution in [0.5, 0.6) is 0 Å². The molecule has 1 aliphatic rings. The van der Waals surface area contributed by atoms with Gasteiger partial charge < -0.3 is 18.7 Å². The highest BCUT2D eigenvalue weighted by Gasteiger charge is 2.29. The van der Waals surface area contributed by atoms with Crippen molar-refractivity contribution < 1.29 is 18.6 Å². The molecule has 0 aliphatic carbocycles. The molecule has 1 aliphatic heterocycles. The van der Waals surface area contributed by atoms with Gasteiger partial charge in [0, 0.05) is 30.8 Å². The van der Waals surface area contributed by atoms with E-state index in [0.717, 1.165) is 24.0 Å². The second-order valence-electron chi connectivity index (χ2n) is 8.04. The lowest BCUT2D eigenvalue weighted by atomic mass is 9.96. The average Bonchev–Trinajstić information content (AvgIpc) is 3.39. The number of likely N-dealkylation sites (tertiary alicyclic amines) is 1. The summed E-state index contributed by atoms with van der Waals surface area (Å²) in [5.41, 5.74) is 1.78. The first kappa shape index (κ1) is 19.1. The topological polar surface area (TPSA) is 107 Å². The van der Waals surface area contributed by atoms with Crippen molar-refractivity contribution in [2.24, 2.45) is 0 Å². The third-order valence-corrected chi connectivity index (χ3v) is 4.69. The molecule has 9 heteroatoms. The molecule has 0 unspecified atom stereocenters. The van der Waals surface area contributed by atoms with E-state index in [1.54, 1.807) is 17.3 Å². The summed E-state index contributed by atoms with van der Waals surface area (Å²) in [6.07, 6.45) is 6.07. The number of amides is 1. The van der Waals surface area contributed by atoms with Crippen LogP contribution in [0.3, 0.4) is 0 Å². The Labute approximate surface area is 168 Å². The molecule has 0 radical (unpaired) electrons. The number of carbonyl (C=O) groups excluding carboxylic acids is 1. The number of piperidine rings is 1. The van der Waals surface area contributed by atoms with Crippen molar-refractivity contribution in [1.82, 2.24) is 25.2 Å². The molecule has 4 rings (SSSR count). The van der Waals surface area contributed by atoms with Crippen molar-refractivity contribution in [2.75, 3.05) is 13.1 Å². The molecule has 152 valence electrons. The number of nitrogens with zero attached hydrogens (tertiary/aromatic N) is 5. The Morgan fingerprint density at radius 2 is 2.03 bits per heavy atom. The number of aromatic nitrogens is 4. The number of hydrogen-bond donors (Lipinski definition) is 0. The van der Waals surface area contributed by atoms with E-state index in [0.29, 0.717) is 30.5 Å². The number of carbonyl (C=O) groups is 1. The smallest absolute Gasteiger partial charge is 0.410 e. The molecule has 1 amide bonds. The minimum Gasteiger partial charge on any atom is -0.444 e. The Bertz CT molecular complexity index is 969. The maximum absolute atomic E-state index is 12.2. The standard InChI is InChI=1S/C20H23N5O4/c1-20(2,3)28-19(26)25-8-5-13(6-9-25)17-23-18(29-24-17)14-4-7-21-16(10-14)15-11-22-27-12-15/h4,7,10-13H,5-6,8-9H2,1-3H3. The van der Waals surface area contributed by atoms with Crippen LogP contribution in [0.25, 0.3) is 22.7 Å². The molecule has 0 atom stereocenters. The molecule has 4 heterocycles. The van der Waals surface area contributed by atoms with Crippen molar-refractivity contribution >= 4 is 6.09 Å². The minimum absolute atomic E-state index is 0.144. The van der Waals surface area contributed by atoms with Gasteiger partial charge in [0.25, 0.3) is 5.89 Å². The highest BCUT2D eigenvalue weighted by atomic mass is 16.6. The molecule has 0 aromatic carbocycles. The molecule has 3 aromatic rings. The number of rotatable bonds is 3. The van der Waals surface area contributed by atoms with Crippen LogP contribution in [0.2, 0.25) is 0 Å². The maximum atomic E-state index is 12.2. The minimum atomic E-state index is -0.494. The fourth-order valence-electron chi connectivity index (χ4n) is 3.22. The third kappa shape index (κ3) is 4.44. The van der Waals surface area contributed by atoms with Gasteiger partial charge in [-0.1, -0.05) is 10.3 Å². The Hall–Kier alpha value is -3.23. The monoisotopic (exact) mass is 397 g/mol. The lowest BCUT2D eigenvalue weighted by Crippen LogP contribution is -2.41. The number of pyridine rings is 1. The van der Waals surface area contributed by atoms with Gasteiger partial charge in [-0.05, 0) is 45.7 Å². The van der Waals surface area contributed by atoms with E-state index in [1.165, 1.54) is 6.26 Å². The van der Waals surface area contributed by atoms with E-state index in [-0.39, 0.29) is 12.0 Å². The second-order valence-corrected chi connectivity index (χ2v) is 8.04. The Kier molecular flexibility index (Phi) is 5.04. The molecule has 3 aromatic heterocycles. The molecule has 1 saturated heterocycles. The van der Waals surface area contributed by atoms with Crippen LogP contribution in [0.15, 0.2) is 39.8 Å². The predicted octanol–water partition coefficient (Wildman–Crippen LogP) is 3.90. The molecule has 0 saturated carbocycles. The van der Waals surface area contributed by atoms with Gasteiger partial charge in [-0.25, -0.2) is 4.79 Å². The zero-order valence-electron chi connectivity index (χ0n) is 16.7. The summed E-state index contributed by atoms with van der Waals surface area (Å²) in [6.45, 7) is 6.82. The summed E-state index contributed by atoms with van der Waals surface area (Å²) in [5.74, 6) is 1.24. The zero-order chi connectivity index (χ0) is 20.4. The maximum Gasteiger partial charge on any atom is 0.410 e. The first-order valence-corrected chi connectivity index (χ1v) is 9.57. The normalized spacial score (nSPS) is 15.5. The fraction of sp³-hybridized carbons (Fsp3) is 0.450. The third-order valence-electron chi connectivity index (χ3n) is 4.69. The van der Waals surface area contributed by atoms with E-state index in [9.17, 15) is 4.79 Å². The lowest BCUT2D eigenvalue weighted by molar-refractivity contribution is 0.0203. The van der Waals surface area contributed by atoms with E-state index < -0.39 is 5.60 Å². The number of ether oxygens (including phenoxy) is 1. The summed E-state index contributed by atoms with van der Waals surface area (Å²) in [7, 11) is 0. The Balaban J connectivity index is 1.42. The lowest BCUT2D eigenvalue weighted by Gasteiger charge is -2.32. The number of hydrogen-bond acceptors (Lipinski definition) is 8. The average molecular weight is 397 g/mol. The van der Waals surface area contributed by atoms with Gasteiger partial charge in [-0.15, -0.1) is 0 Å². The molecule has 0 bridgehead atoms. The fourth-order valence-corrected chi connectivity index (χ4v) is 3.22. The Morgan fingerprint density at radius 1 is 1.24 bits per heavy atom. The molecular formula is C20H23N5O4. The Morgan fingerprint density at radius 3 is 2.72 bits per heavy atom. The molecular weight excluding hydrogens is 374 g/mol. The molecule has 0 N–H and O–H groups in total. The molecule has 9 nitrogen and oxygen atoms in total. The van der Waals surface area contributed by atoms with Crippen LogP contribution >= 0.6 is 0 Å². The quantitative estimate of drug-likeness (QED) is 0.655. The second kappa shape index (κ2) is 7.65. The van der Waals surface area contributed by atoms with Gasteiger partial charge in [0.05, 0.1) is 17.5 Å². The van der Waals surface area contributed by atoms with E-state index in [2.05, 4.69) is 20.3 Å². The van der Waals surface area contributed by atoms with Crippen molar-refractivity contribution in [2.45, 2.75) is 45.1 Å². The molecule has 0 spiro atoms. The van der Waals surface area contributed by atoms with Crippen molar-refractivity contribution in [3.8, 4) is 22.7 Å². The van der Waals surface area contributed by atoms with Crippen molar-refractivity contribution in [3.63, 3.8) is 0 Å². The van der Waals surface area contributed by atoms with Gasteiger partial charge in [0.1, 0.15) is 11.9 Å². The van der Waals surface area contributed by atoms with Crippen molar-refractivity contribution in [1.29, 1.82) is 0 Å². The molecule has 29 heavy (non-hydrogen) atoms. The predicted molar refractivity (Wildman–Crippen MR) is 103 cm³/mol. The first-order valence-electron chi connectivity index (χ1n) is 9.57. The van der Waals surface area contributed by atoms with Crippen LogP contribution in [0.1, 0.15) is 45.4 Å².